The number of rotatable bonds is 8. The van der Waals surface area contributed by atoms with Gasteiger partial charge < -0.3 is 4.90 Å². The first-order chi connectivity index (χ1) is 18.5. The Morgan fingerprint density at radius 1 is 0.868 bits per heavy atom. The van der Waals surface area contributed by atoms with Crippen LogP contribution in [0.2, 0.25) is 0 Å². The number of carbonyl (C=O) groups is 1. The third kappa shape index (κ3) is 5.29. The molecule has 0 radical (unpaired) electrons. The molecule has 0 N–H and O–H groups in total. The number of carbonyl (C=O) groups excluding carboxylic acids is 1. The summed E-state index contributed by atoms with van der Waals surface area (Å²) in [4.78, 5) is 23.8. The largest absolute Gasteiger partial charge is 0.342 e. The van der Waals surface area contributed by atoms with Crippen LogP contribution in [0.25, 0.3) is 11.3 Å². The molecule has 4 nitrogen and oxygen atoms in total. The number of aromatic nitrogens is 1. The summed E-state index contributed by atoms with van der Waals surface area (Å²) in [5.41, 5.74) is 10.2. The summed E-state index contributed by atoms with van der Waals surface area (Å²) in [7, 11) is 0. The van der Waals surface area contributed by atoms with Crippen molar-refractivity contribution in [2.24, 2.45) is 5.92 Å². The zero-order chi connectivity index (χ0) is 26.6. The lowest BCUT2D eigenvalue weighted by atomic mass is 9.82. The molecule has 200 valence electrons. The van der Waals surface area contributed by atoms with E-state index in [-0.39, 0.29) is 11.8 Å². The second-order valence-electron chi connectivity index (χ2n) is 11.1. The van der Waals surface area contributed by atoms with Gasteiger partial charge in [-0.1, -0.05) is 69.3 Å². The smallest absolute Gasteiger partial charge is 0.227 e. The van der Waals surface area contributed by atoms with E-state index in [9.17, 15) is 4.79 Å². The van der Waals surface area contributed by atoms with Crippen LogP contribution in [-0.2, 0) is 30.6 Å². The van der Waals surface area contributed by atoms with Crippen LogP contribution in [0, 0.1) is 12.8 Å². The fraction of sp³-hybridized carbons (Fsp3) is 0.471. The Kier molecular flexibility index (Phi) is 8.28. The van der Waals surface area contributed by atoms with Crippen molar-refractivity contribution in [3.05, 3.63) is 88.1 Å². The molecule has 0 spiro atoms. The minimum atomic E-state index is -0.0115. The van der Waals surface area contributed by atoms with E-state index in [2.05, 4.69) is 92.1 Å². The predicted octanol–water partition coefficient (Wildman–Crippen LogP) is 6.58. The van der Waals surface area contributed by atoms with E-state index in [0.717, 1.165) is 76.2 Å². The highest BCUT2D eigenvalue weighted by Gasteiger charge is 2.42. The average Bonchev–Trinajstić information content (AvgIpc) is 3.63. The maximum absolute atomic E-state index is 13.9. The van der Waals surface area contributed by atoms with Crippen molar-refractivity contribution in [3.63, 3.8) is 0 Å². The fourth-order valence-electron chi connectivity index (χ4n) is 6.82. The summed E-state index contributed by atoms with van der Waals surface area (Å²) in [6, 6.07) is 19.7. The third-order valence-electron chi connectivity index (χ3n) is 8.72. The molecule has 0 aliphatic carbocycles. The van der Waals surface area contributed by atoms with E-state index < -0.39 is 0 Å². The van der Waals surface area contributed by atoms with Gasteiger partial charge in [-0.2, -0.15) is 0 Å². The second kappa shape index (κ2) is 11.8. The van der Waals surface area contributed by atoms with Crippen molar-refractivity contribution in [1.82, 2.24) is 14.8 Å². The molecule has 1 amide bonds. The van der Waals surface area contributed by atoms with Crippen LogP contribution in [0.4, 0.5) is 0 Å². The van der Waals surface area contributed by atoms with Crippen LogP contribution in [0.15, 0.2) is 54.6 Å². The monoisotopic (exact) mass is 509 g/mol. The number of amides is 1. The number of benzene rings is 2. The van der Waals surface area contributed by atoms with Crippen molar-refractivity contribution < 1.29 is 4.79 Å². The topological polar surface area (TPSA) is 36.4 Å². The Morgan fingerprint density at radius 2 is 1.53 bits per heavy atom. The minimum Gasteiger partial charge on any atom is -0.342 e. The molecule has 2 aromatic carbocycles. The molecule has 2 aliphatic rings. The van der Waals surface area contributed by atoms with E-state index in [4.69, 9.17) is 4.98 Å². The number of hydrogen-bond acceptors (Lipinski definition) is 3. The van der Waals surface area contributed by atoms with E-state index >= 15 is 0 Å². The molecule has 3 aromatic rings. The van der Waals surface area contributed by atoms with Crippen LogP contribution in [0.3, 0.4) is 0 Å². The standard InChI is InChI=1S/C34H43N3O/c1-5-26-16-13-17-27(6-2)33(26)31-20-28(7-3)32(24(4)35-31)29-22-36(21-25-14-9-8-10-15-25)23-30(29)34(38)37-18-11-12-19-37/h8-10,13-17,20,29-30H,5-7,11-12,18-19,21-23H2,1-4H3. The Balaban J connectivity index is 1.54. The molecule has 2 unspecified atom stereocenters. The summed E-state index contributed by atoms with van der Waals surface area (Å²) < 4.78 is 0. The maximum Gasteiger partial charge on any atom is 0.227 e. The zero-order valence-corrected chi connectivity index (χ0v) is 23.7. The number of pyridine rings is 1. The molecule has 2 saturated heterocycles. The van der Waals surface area contributed by atoms with Gasteiger partial charge in [0.05, 0.1) is 11.6 Å². The summed E-state index contributed by atoms with van der Waals surface area (Å²) in [5.74, 6) is 0.510. The van der Waals surface area contributed by atoms with Crippen molar-refractivity contribution >= 4 is 5.91 Å². The highest BCUT2D eigenvalue weighted by molar-refractivity contribution is 5.81. The fourth-order valence-corrected chi connectivity index (χ4v) is 6.82. The lowest BCUT2D eigenvalue weighted by Crippen LogP contribution is -2.37. The van der Waals surface area contributed by atoms with Crippen LogP contribution in [-0.4, -0.2) is 46.9 Å². The van der Waals surface area contributed by atoms with Gasteiger partial charge in [-0.15, -0.1) is 0 Å². The lowest BCUT2D eigenvalue weighted by Gasteiger charge is -2.27. The van der Waals surface area contributed by atoms with Crippen LogP contribution in [0.1, 0.15) is 73.0 Å². The first kappa shape index (κ1) is 26.6. The molecule has 0 saturated carbocycles. The number of hydrogen-bond donors (Lipinski definition) is 0. The molecule has 3 heterocycles. The molecular formula is C34H43N3O. The minimum absolute atomic E-state index is 0.0115. The zero-order valence-electron chi connectivity index (χ0n) is 23.7. The van der Waals surface area contributed by atoms with Gasteiger partial charge in [0, 0.05) is 49.9 Å². The van der Waals surface area contributed by atoms with Crippen LogP contribution >= 0.6 is 0 Å². The highest BCUT2D eigenvalue weighted by atomic mass is 16.2. The van der Waals surface area contributed by atoms with Gasteiger partial charge in [0.25, 0.3) is 0 Å². The Hall–Kier alpha value is -2.98. The molecule has 5 rings (SSSR count). The highest BCUT2D eigenvalue weighted by Crippen LogP contribution is 2.40. The maximum atomic E-state index is 13.9. The molecule has 0 bridgehead atoms. The summed E-state index contributed by atoms with van der Waals surface area (Å²) in [6.07, 6.45) is 5.19. The Morgan fingerprint density at radius 3 is 2.16 bits per heavy atom. The first-order valence-electron chi connectivity index (χ1n) is 14.7. The normalized spacial score (nSPS) is 19.8. The summed E-state index contributed by atoms with van der Waals surface area (Å²) in [5, 5.41) is 0. The van der Waals surface area contributed by atoms with Gasteiger partial charge in [-0.25, -0.2) is 0 Å². The van der Waals surface area contributed by atoms with Gasteiger partial charge in [-0.05, 0) is 72.9 Å². The van der Waals surface area contributed by atoms with E-state index in [1.807, 2.05) is 0 Å². The third-order valence-corrected chi connectivity index (χ3v) is 8.72. The van der Waals surface area contributed by atoms with Crippen LogP contribution < -0.4 is 0 Å². The van der Waals surface area contributed by atoms with Crippen molar-refractivity contribution in [2.75, 3.05) is 26.2 Å². The van der Waals surface area contributed by atoms with E-state index in [1.165, 1.54) is 33.4 Å². The number of likely N-dealkylation sites (tertiary alicyclic amines) is 2. The average molecular weight is 510 g/mol. The summed E-state index contributed by atoms with van der Waals surface area (Å²) in [6.45, 7) is 13.3. The van der Waals surface area contributed by atoms with E-state index in [0.29, 0.717) is 5.91 Å². The van der Waals surface area contributed by atoms with Gasteiger partial charge in [-0.3, -0.25) is 14.7 Å². The van der Waals surface area contributed by atoms with Gasteiger partial charge in [0.2, 0.25) is 5.91 Å². The SMILES string of the molecule is CCc1cccc(CC)c1-c1cc(CC)c(C2CN(Cc3ccccc3)CC2C(=O)N2CCCC2)c(C)n1. The Bertz CT molecular complexity index is 1240. The van der Waals surface area contributed by atoms with Crippen molar-refractivity contribution in [2.45, 2.75) is 72.3 Å². The molecular weight excluding hydrogens is 466 g/mol. The van der Waals surface area contributed by atoms with Gasteiger partial charge >= 0.3 is 0 Å². The van der Waals surface area contributed by atoms with Crippen molar-refractivity contribution in [3.8, 4) is 11.3 Å². The number of aryl methyl sites for hydroxylation is 4. The van der Waals surface area contributed by atoms with Gasteiger partial charge in [0.1, 0.15) is 0 Å². The molecule has 2 aliphatic heterocycles. The predicted molar refractivity (Wildman–Crippen MR) is 156 cm³/mol. The van der Waals surface area contributed by atoms with Crippen LogP contribution in [0.5, 0.6) is 0 Å². The van der Waals surface area contributed by atoms with E-state index in [1.54, 1.807) is 0 Å². The molecule has 2 atom stereocenters. The number of nitrogens with zero attached hydrogens (tertiary/aromatic N) is 3. The lowest BCUT2D eigenvalue weighted by molar-refractivity contribution is -0.134. The molecule has 2 fully saturated rings. The molecule has 38 heavy (non-hydrogen) atoms. The van der Waals surface area contributed by atoms with Crippen molar-refractivity contribution in [1.29, 1.82) is 0 Å². The summed E-state index contributed by atoms with van der Waals surface area (Å²) >= 11 is 0. The molecule has 1 aromatic heterocycles. The first-order valence-corrected chi connectivity index (χ1v) is 14.7. The quantitative estimate of drug-likeness (QED) is 0.344. The molecule has 4 heteroatoms. The second-order valence-corrected chi connectivity index (χ2v) is 11.1. The Labute approximate surface area is 229 Å². The van der Waals surface area contributed by atoms with Gasteiger partial charge in [0.15, 0.2) is 0 Å².